The lowest BCUT2D eigenvalue weighted by Crippen LogP contribution is -2.56. The van der Waals surface area contributed by atoms with E-state index in [1.54, 1.807) is 14.1 Å². The van der Waals surface area contributed by atoms with Crippen LogP contribution in [0.5, 0.6) is 0 Å². The van der Waals surface area contributed by atoms with Crippen LogP contribution in [0.15, 0.2) is 0 Å². The number of carbonyl (C=O) groups is 2. The number of rotatable bonds is 7. The van der Waals surface area contributed by atoms with Crippen LogP contribution in [0.3, 0.4) is 0 Å². The van der Waals surface area contributed by atoms with Crippen molar-refractivity contribution in [3.8, 4) is 0 Å². The standard InChI is InChI=1S/C37H59NO4.C3H7NO.C2H6.H2/c1-6-7-25-18-23(2)33-28(41-25)20-27-26-10-11-29-34(3,4)30(12-13-37(29)22-36(26,37)15-14-35(27,33)5)42-32-21-38(16-17-40-32)31(39)19-24-8-9-24;1-4(2)3-5;1-2;/h23-30,32-33H,6-22H2,1-5H3;3H,1-2H3;1-2H3;1H/t23?,25?,26?,27?,28?,29?,30-,32?,33?,35?,36-,37?;;;/m0.../s1. The molecule has 8 rings (SSSR count). The number of ether oxygens (including phenoxy) is 3. The lowest BCUT2D eigenvalue weighted by atomic mass is 9.46. The van der Waals surface area contributed by atoms with Gasteiger partial charge in [-0.05, 0) is 134 Å². The van der Waals surface area contributed by atoms with Gasteiger partial charge in [-0.2, -0.15) is 0 Å². The Morgan fingerprint density at radius 2 is 1.73 bits per heavy atom. The number of hydrogen-bond donors (Lipinski definition) is 0. The Morgan fingerprint density at radius 1 is 1.00 bits per heavy atom. The molecule has 7 heteroatoms. The highest BCUT2D eigenvalue weighted by atomic mass is 16.7. The van der Waals surface area contributed by atoms with Gasteiger partial charge in [0.2, 0.25) is 12.3 Å². The largest absolute Gasteiger partial charge is 0.375 e. The summed E-state index contributed by atoms with van der Waals surface area (Å²) in [5, 5.41) is 0. The number of fused-ring (bicyclic) bond motifs is 4. The van der Waals surface area contributed by atoms with Gasteiger partial charge in [-0.25, -0.2) is 0 Å². The summed E-state index contributed by atoms with van der Waals surface area (Å²) in [7, 11) is 3.38. The Hall–Kier alpha value is -1.18. The second-order valence-electron chi connectivity index (χ2n) is 18.7. The van der Waals surface area contributed by atoms with Crippen molar-refractivity contribution in [3.05, 3.63) is 0 Å². The maximum absolute atomic E-state index is 12.8. The van der Waals surface area contributed by atoms with Crippen LogP contribution in [0.25, 0.3) is 0 Å². The number of hydrogen-bond acceptors (Lipinski definition) is 5. The molecule has 282 valence electrons. The van der Waals surface area contributed by atoms with Crippen LogP contribution < -0.4 is 0 Å². The SMILES string of the molecule is CC.CCCC1CC(C)C2C(CC3C4CCC5C(C)(C)[C@@H](OC6CN(C(=O)CC7CC7)CCO6)CCC56C[C@@]46CCC32C)O1.CN(C)C=O.[HH]. The van der Waals surface area contributed by atoms with Crippen molar-refractivity contribution in [3.63, 3.8) is 0 Å². The van der Waals surface area contributed by atoms with Gasteiger partial charge >= 0.3 is 0 Å². The van der Waals surface area contributed by atoms with Crippen LogP contribution in [0.4, 0.5) is 0 Å². The van der Waals surface area contributed by atoms with E-state index >= 15 is 0 Å². The van der Waals surface area contributed by atoms with Crippen molar-refractivity contribution in [1.29, 1.82) is 0 Å². The number of nitrogens with zero attached hydrogens (tertiary/aromatic N) is 2. The van der Waals surface area contributed by atoms with Gasteiger partial charge in [0, 0.05) is 28.5 Å². The molecule has 2 aliphatic heterocycles. The molecule has 10 unspecified atom stereocenters. The van der Waals surface area contributed by atoms with E-state index in [0.717, 1.165) is 55.4 Å². The van der Waals surface area contributed by atoms with Crippen molar-refractivity contribution in [2.75, 3.05) is 33.8 Å². The third-order valence-corrected chi connectivity index (χ3v) is 15.6. The fraction of sp³-hybridized carbons (Fsp3) is 0.952. The second-order valence-corrected chi connectivity index (χ2v) is 18.7. The van der Waals surface area contributed by atoms with Crippen LogP contribution in [-0.4, -0.2) is 80.5 Å². The molecule has 7 nitrogen and oxygen atoms in total. The van der Waals surface area contributed by atoms with Gasteiger partial charge in [-0.1, -0.05) is 54.9 Å². The third-order valence-electron chi connectivity index (χ3n) is 15.6. The summed E-state index contributed by atoms with van der Waals surface area (Å²) in [6.07, 6.45) is 19.6. The first-order valence-corrected chi connectivity index (χ1v) is 20.7. The third kappa shape index (κ3) is 6.55. The lowest BCUT2D eigenvalue weighted by Gasteiger charge is -2.60. The quantitative estimate of drug-likeness (QED) is 0.251. The van der Waals surface area contributed by atoms with E-state index in [4.69, 9.17) is 14.2 Å². The average Bonchev–Trinajstić information content (AvgIpc) is 3.99. The van der Waals surface area contributed by atoms with E-state index in [9.17, 15) is 9.59 Å². The highest BCUT2D eigenvalue weighted by Gasteiger charge is 2.81. The molecule has 0 radical (unpaired) electrons. The summed E-state index contributed by atoms with van der Waals surface area (Å²) >= 11 is 0. The van der Waals surface area contributed by atoms with Crippen molar-refractivity contribution < 1.29 is 25.2 Å². The Labute approximate surface area is 300 Å². The topological polar surface area (TPSA) is 68.3 Å². The fourth-order valence-electron chi connectivity index (χ4n) is 13.5. The number of carbonyl (C=O) groups excluding carboxylic acids is 2. The molecule has 0 N–H and O–H groups in total. The van der Waals surface area contributed by atoms with Crippen LogP contribution in [0.1, 0.15) is 140 Å². The maximum atomic E-state index is 12.8. The first-order valence-electron chi connectivity index (χ1n) is 20.7. The first-order chi connectivity index (χ1) is 23.4. The van der Waals surface area contributed by atoms with Gasteiger partial charge in [-0.3, -0.25) is 9.59 Å². The predicted octanol–water partition coefficient (Wildman–Crippen LogP) is 8.59. The molecule has 49 heavy (non-hydrogen) atoms. The van der Waals surface area contributed by atoms with Crippen LogP contribution in [-0.2, 0) is 23.8 Å². The summed E-state index contributed by atoms with van der Waals surface area (Å²) in [6.45, 7) is 18.6. The summed E-state index contributed by atoms with van der Waals surface area (Å²) < 4.78 is 19.9. The monoisotopic (exact) mass is 687 g/mol. The van der Waals surface area contributed by atoms with Gasteiger partial charge in [0.05, 0.1) is 31.5 Å². The van der Waals surface area contributed by atoms with E-state index in [1.807, 2.05) is 18.7 Å². The molecule has 0 aromatic rings. The van der Waals surface area contributed by atoms with Gasteiger partial charge in [-0.15, -0.1) is 0 Å². The molecule has 2 heterocycles. The summed E-state index contributed by atoms with van der Waals surface area (Å²) in [5.74, 6) is 5.03. The Bertz CT molecular complexity index is 1180. The summed E-state index contributed by atoms with van der Waals surface area (Å²) in [4.78, 5) is 25.7. The zero-order valence-corrected chi connectivity index (χ0v) is 32.8. The minimum Gasteiger partial charge on any atom is -0.375 e. The van der Waals surface area contributed by atoms with Crippen molar-refractivity contribution in [2.45, 2.75) is 163 Å². The van der Waals surface area contributed by atoms with E-state index < -0.39 is 0 Å². The van der Waals surface area contributed by atoms with Crippen molar-refractivity contribution >= 4 is 12.3 Å². The molecule has 8 aliphatic rings. The fourth-order valence-corrected chi connectivity index (χ4v) is 13.5. The Morgan fingerprint density at radius 3 is 2.41 bits per heavy atom. The molecule has 8 fully saturated rings. The second kappa shape index (κ2) is 14.3. The zero-order valence-electron chi connectivity index (χ0n) is 32.8. The summed E-state index contributed by atoms with van der Waals surface area (Å²) in [6, 6.07) is 0. The molecular weight excluding hydrogens is 612 g/mol. The normalized spacial score (nSPS) is 45.7. The molecule has 0 aromatic heterocycles. The minimum absolute atomic E-state index is 0. The smallest absolute Gasteiger partial charge is 0.223 e. The Balaban J connectivity index is 0.000000561. The van der Waals surface area contributed by atoms with Crippen LogP contribution >= 0.6 is 0 Å². The maximum Gasteiger partial charge on any atom is 0.223 e. The van der Waals surface area contributed by atoms with Crippen molar-refractivity contribution in [1.82, 2.24) is 9.80 Å². The molecule has 0 aromatic carbocycles. The summed E-state index contributed by atoms with van der Waals surface area (Å²) in [5.41, 5.74) is 1.73. The van der Waals surface area contributed by atoms with Crippen molar-refractivity contribution in [2.24, 2.45) is 57.2 Å². The molecule has 12 atom stereocenters. The van der Waals surface area contributed by atoms with Gasteiger partial charge in [0.25, 0.3) is 0 Å². The predicted molar refractivity (Wildman–Crippen MR) is 197 cm³/mol. The van der Waals surface area contributed by atoms with Crippen LogP contribution in [0, 0.1) is 57.2 Å². The molecule has 2 saturated heterocycles. The molecule has 2 amide bonds. The van der Waals surface area contributed by atoms with Gasteiger partial charge in [0.15, 0.2) is 6.29 Å². The molecular formula is C42H74N2O5. The van der Waals surface area contributed by atoms with E-state index in [0.29, 0.717) is 53.4 Å². The minimum atomic E-state index is -0.263. The van der Waals surface area contributed by atoms with Crippen LogP contribution in [0.2, 0.25) is 0 Å². The van der Waals surface area contributed by atoms with Gasteiger partial charge in [0.1, 0.15) is 0 Å². The number of amides is 2. The lowest BCUT2D eigenvalue weighted by molar-refractivity contribution is -0.244. The van der Waals surface area contributed by atoms with E-state index in [1.165, 1.54) is 81.9 Å². The van der Waals surface area contributed by atoms with E-state index in [2.05, 4.69) is 34.6 Å². The highest BCUT2D eigenvalue weighted by Crippen LogP contribution is 2.87. The molecule has 0 bridgehead atoms. The zero-order chi connectivity index (χ0) is 35.4. The first kappa shape index (κ1) is 37.6. The molecule has 6 aliphatic carbocycles. The molecule has 6 saturated carbocycles. The molecule has 2 spiro atoms. The number of morpholine rings is 1. The Kier molecular flexibility index (Phi) is 11.0. The average molecular weight is 687 g/mol. The highest BCUT2D eigenvalue weighted by molar-refractivity contribution is 5.76. The van der Waals surface area contributed by atoms with Gasteiger partial charge < -0.3 is 24.0 Å². The van der Waals surface area contributed by atoms with E-state index in [-0.39, 0.29) is 19.2 Å².